The molecule has 0 heterocycles. The molecule has 5 heteroatoms. The second kappa shape index (κ2) is 6.07. The third-order valence-electron chi connectivity index (χ3n) is 2.11. The summed E-state index contributed by atoms with van der Waals surface area (Å²) in [7, 11) is 1.81. The van der Waals surface area contributed by atoms with Gasteiger partial charge in [-0.25, -0.2) is 4.39 Å². The van der Waals surface area contributed by atoms with Crippen LogP contribution < -0.4 is 10.6 Å². The van der Waals surface area contributed by atoms with E-state index in [1.54, 1.807) is 0 Å². The molecule has 4 nitrogen and oxygen atoms in total. The third kappa shape index (κ3) is 3.20. The van der Waals surface area contributed by atoms with E-state index in [4.69, 9.17) is 0 Å². The van der Waals surface area contributed by atoms with Crippen LogP contribution >= 0.6 is 0 Å². The van der Waals surface area contributed by atoms with Crippen molar-refractivity contribution in [1.82, 2.24) is 10.6 Å². The molecule has 1 rings (SSSR count). The van der Waals surface area contributed by atoms with Crippen LogP contribution in [0.1, 0.15) is 16.8 Å². The standard InChI is InChI=1S/C11H15FN2O2/c1-13-6-3-7-14-11(16)10-8(12)4-2-5-9(10)15/h2,4-5,13,15H,3,6-7H2,1H3,(H,14,16). The van der Waals surface area contributed by atoms with Crippen molar-refractivity contribution in [2.45, 2.75) is 6.42 Å². The topological polar surface area (TPSA) is 61.4 Å². The predicted octanol–water partition coefficient (Wildman–Crippen LogP) is 0.871. The second-order valence-electron chi connectivity index (χ2n) is 3.35. The van der Waals surface area contributed by atoms with Gasteiger partial charge in [-0.15, -0.1) is 0 Å². The number of nitrogens with one attached hydrogen (secondary N) is 2. The number of phenolic OH excluding ortho intramolecular Hbond substituents is 1. The third-order valence-corrected chi connectivity index (χ3v) is 2.11. The number of carbonyl (C=O) groups is 1. The van der Waals surface area contributed by atoms with Crippen molar-refractivity contribution < 1.29 is 14.3 Å². The van der Waals surface area contributed by atoms with E-state index in [1.165, 1.54) is 12.1 Å². The van der Waals surface area contributed by atoms with Crippen LogP contribution in [0.5, 0.6) is 5.75 Å². The summed E-state index contributed by atoms with van der Waals surface area (Å²) in [5.74, 6) is -1.65. The van der Waals surface area contributed by atoms with Crippen molar-refractivity contribution in [2.24, 2.45) is 0 Å². The Balaban J connectivity index is 2.59. The molecule has 0 spiro atoms. The Bertz CT molecular complexity index is 349. The van der Waals surface area contributed by atoms with Gasteiger partial charge >= 0.3 is 0 Å². The summed E-state index contributed by atoms with van der Waals surface area (Å²) in [4.78, 5) is 11.5. The Morgan fingerprint density at radius 1 is 1.44 bits per heavy atom. The predicted molar refractivity (Wildman–Crippen MR) is 58.9 cm³/mol. The van der Waals surface area contributed by atoms with Crippen molar-refractivity contribution >= 4 is 5.91 Å². The fourth-order valence-electron chi connectivity index (χ4n) is 1.29. The molecule has 0 fully saturated rings. The van der Waals surface area contributed by atoms with Crippen molar-refractivity contribution in [1.29, 1.82) is 0 Å². The number of hydrogen-bond acceptors (Lipinski definition) is 3. The molecule has 88 valence electrons. The lowest BCUT2D eigenvalue weighted by Gasteiger charge is -2.07. The Labute approximate surface area is 93.5 Å². The zero-order chi connectivity index (χ0) is 12.0. The summed E-state index contributed by atoms with van der Waals surface area (Å²) in [6.07, 6.45) is 0.747. The molecule has 0 atom stereocenters. The molecule has 0 aliphatic rings. The smallest absolute Gasteiger partial charge is 0.258 e. The summed E-state index contributed by atoms with van der Waals surface area (Å²) in [5, 5.41) is 14.8. The maximum atomic E-state index is 13.2. The number of rotatable bonds is 5. The van der Waals surface area contributed by atoms with Gasteiger partial charge < -0.3 is 15.7 Å². The molecule has 1 amide bonds. The first-order chi connectivity index (χ1) is 7.66. The van der Waals surface area contributed by atoms with Gasteiger partial charge in [0.2, 0.25) is 0 Å². The minimum atomic E-state index is -0.717. The average molecular weight is 226 g/mol. The molecule has 0 aliphatic carbocycles. The van der Waals surface area contributed by atoms with E-state index in [2.05, 4.69) is 10.6 Å². The molecule has 0 unspecified atom stereocenters. The van der Waals surface area contributed by atoms with Crippen molar-refractivity contribution in [3.8, 4) is 5.75 Å². The lowest BCUT2D eigenvalue weighted by Crippen LogP contribution is -2.27. The summed E-state index contributed by atoms with van der Waals surface area (Å²) < 4.78 is 13.2. The first kappa shape index (κ1) is 12.4. The first-order valence-electron chi connectivity index (χ1n) is 5.07. The van der Waals surface area contributed by atoms with Gasteiger partial charge in [-0.05, 0) is 32.1 Å². The molecule has 0 aromatic heterocycles. The highest BCUT2D eigenvalue weighted by Gasteiger charge is 2.15. The fraction of sp³-hybridized carbons (Fsp3) is 0.364. The zero-order valence-corrected chi connectivity index (χ0v) is 9.09. The monoisotopic (exact) mass is 226 g/mol. The van der Waals surface area contributed by atoms with E-state index in [0.717, 1.165) is 19.0 Å². The van der Waals surface area contributed by atoms with Gasteiger partial charge in [-0.2, -0.15) is 0 Å². The molecular formula is C11H15FN2O2. The number of hydrogen-bond donors (Lipinski definition) is 3. The van der Waals surface area contributed by atoms with Crippen LogP contribution in [0.2, 0.25) is 0 Å². The highest BCUT2D eigenvalue weighted by molar-refractivity contribution is 5.97. The van der Waals surface area contributed by atoms with Gasteiger partial charge in [0.15, 0.2) is 0 Å². The summed E-state index contributed by atoms with van der Waals surface area (Å²) in [6.45, 7) is 1.21. The van der Waals surface area contributed by atoms with Crippen LogP contribution in [-0.2, 0) is 0 Å². The minimum Gasteiger partial charge on any atom is -0.507 e. The lowest BCUT2D eigenvalue weighted by molar-refractivity contribution is 0.0946. The van der Waals surface area contributed by atoms with Crippen molar-refractivity contribution in [3.63, 3.8) is 0 Å². The van der Waals surface area contributed by atoms with Crippen LogP contribution in [0.4, 0.5) is 4.39 Å². The Kier molecular flexibility index (Phi) is 4.72. The van der Waals surface area contributed by atoms with Gasteiger partial charge in [0.1, 0.15) is 17.1 Å². The van der Waals surface area contributed by atoms with Gasteiger partial charge in [0.05, 0.1) is 0 Å². The Hall–Kier alpha value is -1.62. The van der Waals surface area contributed by atoms with Crippen molar-refractivity contribution in [2.75, 3.05) is 20.1 Å². The van der Waals surface area contributed by atoms with E-state index >= 15 is 0 Å². The van der Waals surface area contributed by atoms with E-state index in [0.29, 0.717) is 6.54 Å². The minimum absolute atomic E-state index is 0.299. The molecule has 1 aromatic carbocycles. The molecule has 0 aliphatic heterocycles. The van der Waals surface area contributed by atoms with Gasteiger partial charge in [-0.3, -0.25) is 4.79 Å². The average Bonchev–Trinajstić information content (AvgIpc) is 2.24. The second-order valence-corrected chi connectivity index (χ2v) is 3.35. The SMILES string of the molecule is CNCCCNC(=O)c1c(O)cccc1F. The van der Waals surface area contributed by atoms with Gasteiger partial charge in [-0.1, -0.05) is 6.07 Å². The maximum Gasteiger partial charge on any atom is 0.258 e. The molecular weight excluding hydrogens is 211 g/mol. The summed E-state index contributed by atoms with van der Waals surface area (Å²) >= 11 is 0. The Morgan fingerprint density at radius 3 is 2.81 bits per heavy atom. The van der Waals surface area contributed by atoms with Crippen LogP contribution in [0, 0.1) is 5.82 Å². The summed E-state index contributed by atoms with van der Waals surface area (Å²) in [5.41, 5.74) is -0.299. The zero-order valence-electron chi connectivity index (χ0n) is 9.09. The highest BCUT2D eigenvalue weighted by atomic mass is 19.1. The number of amides is 1. The molecule has 0 radical (unpaired) electrons. The molecule has 0 saturated heterocycles. The largest absolute Gasteiger partial charge is 0.507 e. The normalized spacial score (nSPS) is 10.1. The van der Waals surface area contributed by atoms with Crippen molar-refractivity contribution in [3.05, 3.63) is 29.6 Å². The molecule has 1 aromatic rings. The van der Waals surface area contributed by atoms with Gasteiger partial charge in [0.25, 0.3) is 5.91 Å². The van der Waals surface area contributed by atoms with E-state index < -0.39 is 11.7 Å². The van der Waals surface area contributed by atoms with Gasteiger partial charge in [0, 0.05) is 6.54 Å². The molecule has 3 N–H and O–H groups in total. The maximum absolute atomic E-state index is 13.2. The van der Waals surface area contributed by atoms with Crippen LogP contribution in [-0.4, -0.2) is 31.2 Å². The summed E-state index contributed by atoms with van der Waals surface area (Å²) in [6, 6.07) is 3.77. The number of aromatic hydroxyl groups is 1. The molecule has 0 bridgehead atoms. The fourth-order valence-corrected chi connectivity index (χ4v) is 1.29. The molecule has 16 heavy (non-hydrogen) atoms. The van der Waals surface area contributed by atoms with E-state index in [-0.39, 0.29) is 11.3 Å². The quantitative estimate of drug-likeness (QED) is 0.653. The number of phenols is 1. The van der Waals surface area contributed by atoms with Crippen LogP contribution in [0.25, 0.3) is 0 Å². The molecule has 0 saturated carbocycles. The van der Waals surface area contributed by atoms with Crippen LogP contribution in [0.15, 0.2) is 18.2 Å². The number of halogens is 1. The van der Waals surface area contributed by atoms with E-state index in [9.17, 15) is 14.3 Å². The first-order valence-corrected chi connectivity index (χ1v) is 5.07. The number of benzene rings is 1. The highest BCUT2D eigenvalue weighted by Crippen LogP contribution is 2.19. The lowest BCUT2D eigenvalue weighted by atomic mass is 10.1. The Morgan fingerprint density at radius 2 is 2.19 bits per heavy atom. The number of carbonyl (C=O) groups excluding carboxylic acids is 1. The van der Waals surface area contributed by atoms with Crippen LogP contribution in [0.3, 0.4) is 0 Å². The van der Waals surface area contributed by atoms with E-state index in [1.807, 2.05) is 7.05 Å².